The molecule has 2 aromatic heterocycles. The van der Waals surface area contributed by atoms with Crippen LogP contribution in [0.1, 0.15) is 22.9 Å². The maximum absolute atomic E-state index is 4.61. The van der Waals surface area contributed by atoms with Crippen molar-refractivity contribution in [1.82, 2.24) is 14.5 Å². The highest BCUT2D eigenvalue weighted by atomic mass is 32.1. The molecule has 1 aromatic carbocycles. The van der Waals surface area contributed by atoms with Gasteiger partial charge in [-0.25, -0.2) is 9.97 Å². The Labute approximate surface area is 116 Å². The van der Waals surface area contributed by atoms with Gasteiger partial charge in [-0.3, -0.25) is 0 Å². The summed E-state index contributed by atoms with van der Waals surface area (Å²) >= 11 is 1.72. The number of nitrogens with zero attached hydrogens (tertiary/aromatic N) is 3. The van der Waals surface area contributed by atoms with Crippen LogP contribution in [0.15, 0.2) is 30.5 Å². The quantitative estimate of drug-likeness (QED) is 0.793. The molecule has 1 atom stereocenters. The van der Waals surface area contributed by atoms with Crippen LogP contribution < -0.4 is 5.32 Å². The van der Waals surface area contributed by atoms with Crippen molar-refractivity contribution in [3.63, 3.8) is 0 Å². The van der Waals surface area contributed by atoms with E-state index in [1.165, 1.54) is 4.88 Å². The Morgan fingerprint density at radius 2 is 2.11 bits per heavy atom. The maximum atomic E-state index is 4.61. The summed E-state index contributed by atoms with van der Waals surface area (Å²) in [5.74, 6) is 0.876. The van der Waals surface area contributed by atoms with Crippen molar-refractivity contribution < 1.29 is 0 Å². The van der Waals surface area contributed by atoms with Crippen molar-refractivity contribution in [2.75, 3.05) is 5.32 Å². The Morgan fingerprint density at radius 3 is 2.79 bits per heavy atom. The largest absolute Gasteiger partial charge is 0.347 e. The highest BCUT2D eigenvalue weighted by Crippen LogP contribution is 2.24. The number of fused-ring (bicyclic) bond motifs is 1. The molecule has 4 nitrogen and oxygen atoms in total. The molecule has 0 aliphatic carbocycles. The summed E-state index contributed by atoms with van der Waals surface area (Å²) in [4.78, 5) is 10.3. The van der Waals surface area contributed by atoms with E-state index in [9.17, 15) is 0 Å². The van der Waals surface area contributed by atoms with Crippen molar-refractivity contribution in [1.29, 1.82) is 0 Å². The van der Waals surface area contributed by atoms with Crippen LogP contribution in [0.3, 0.4) is 0 Å². The Hall–Kier alpha value is -1.88. The first-order chi connectivity index (χ1) is 9.15. The molecule has 0 saturated carbocycles. The zero-order valence-corrected chi connectivity index (χ0v) is 12.0. The number of aromatic nitrogens is 3. The second-order valence-electron chi connectivity index (χ2n) is 4.66. The molecule has 19 heavy (non-hydrogen) atoms. The van der Waals surface area contributed by atoms with E-state index in [2.05, 4.69) is 39.8 Å². The van der Waals surface area contributed by atoms with Crippen molar-refractivity contribution in [3.05, 3.63) is 40.3 Å². The predicted molar refractivity (Wildman–Crippen MR) is 79.6 cm³/mol. The average molecular weight is 272 g/mol. The molecule has 98 valence electrons. The average Bonchev–Trinajstić information content (AvgIpc) is 2.96. The third-order valence-electron chi connectivity index (χ3n) is 3.14. The topological polar surface area (TPSA) is 42.7 Å². The molecule has 0 aliphatic rings. The van der Waals surface area contributed by atoms with Crippen LogP contribution in [0.5, 0.6) is 0 Å². The third kappa shape index (κ3) is 2.21. The van der Waals surface area contributed by atoms with Gasteiger partial charge in [-0.1, -0.05) is 12.1 Å². The molecule has 0 aliphatic heterocycles. The van der Waals surface area contributed by atoms with Crippen molar-refractivity contribution >= 4 is 28.3 Å². The fourth-order valence-corrected chi connectivity index (χ4v) is 2.88. The summed E-state index contributed by atoms with van der Waals surface area (Å²) in [6, 6.07) is 8.30. The summed E-state index contributed by atoms with van der Waals surface area (Å²) in [6.07, 6.45) is 1.91. The van der Waals surface area contributed by atoms with E-state index >= 15 is 0 Å². The first-order valence-corrected chi connectivity index (χ1v) is 7.07. The number of imidazole rings is 1. The third-order valence-corrected chi connectivity index (χ3v) is 4.24. The van der Waals surface area contributed by atoms with E-state index in [4.69, 9.17) is 0 Å². The number of aryl methyl sites for hydroxylation is 2. The summed E-state index contributed by atoms with van der Waals surface area (Å²) in [5.41, 5.74) is 2.14. The molecule has 2 heterocycles. The van der Waals surface area contributed by atoms with Crippen LogP contribution >= 0.6 is 11.3 Å². The molecule has 0 amide bonds. The molecule has 1 N–H and O–H groups in total. The fourth-order valence-electron chi connectivity index (χ4n) is 2.10. The van der Waals surface area contributed by atoms with Crippen molar-refractivity contribution in [2.45, 2.75) is 19.9 Å². The van der Waals surface area contributed by atoms with Crippen LogP contribution in [0.4, 0.5) is 5.95 Å². The molecule has 5 heteroatoms. The molecule has 0 radical (unpaired) electrons. The Morgan fingerprint density at radius 1 is 1.32 bits per heavy atom. The number of nitrogens with one attached hydrogen (secondary N) is 1. The standard InChI is InChI=1S/C14H16N4S/c1-9-8-15-13(19-9)10(2)16-14-17-11-6-4-5-7-12(11)18(14)3/h4-8,10H,1-3H3,(H,16,17). The van der Waals surface area contributed by atoms with Gasteiger partial charge in [0.25, 0.3) is 0 Å². The van der Waals surface area contributed by atoms with Gasteiger partial charge in [0.2, 0.25) is 5.95 Å². The van der Waals surface area contributed by atoms with Gasteiger partial charge in [0.05, 0.1) is 17.1 Å². The second kappa shape index (κ2) is 4.66. The second-order valence-corrected chi connectivity index (χ2v) is 5.92. The van der Waals surface area contributed by atoms with Crippen LogP contribution in [-0.2, 0) is 7.05 Å². The lowest BCUT2D eigenvalue weighted by Gasteiger charge is -2.11. The fraction of sp³-hybridized carbons (Fsp3) is 0.286. The molecule has 0 bridgehead atoms. The molecule has 0 saturated heterocycles. The van der Waals surface area contributed by atoms with E-state index in [-0.39, 0.29) is 6.04 Å². The number of para-hydroxylation sites is 2. The smallest absolute Gasteiger partial charge is 0.204 e. The van der Waals surface area contributed by atoms with Crippen LogP contribution in [0, 0.1) is 6.92 Å². The number of anilines is 1. The minimum absolute atomic E-state index is 0.161. The first-order valence-electron chi connectivity index (χ1n) is 6.25. The minimum atomic E-state index is 0.161. The SMILES string of the molecule is Cc1cnc(C(C)Nc2nc3ccccc3n2C)s1. The van der Waals surface area contributed by atoms with Gasteiger partial charge < -0.3 is 9.88 Å². The molecular weight excluding hydrogens is 256 g/mol. The number of rotatable bonds is 3. The van der Waals surface area contributed by atoms with Gasteiger partial charge in [-0.2, -0.15) is 0 Å². The molecule has 0 spiro atoms. The number of benzene rings is 1. The lowest BCUT2D eigenvalue weighted by molar-refractivity contribution is 0.823. The Bertz CT molecular complexity index is 713. The van der Waals surface area contributed by atoms with E-state index in [0.717, 1.165) is 22.0 Å². The predicted octanol–water partition coefficient (Wildman–Crippen LogP) is 3.51. The van der Waals surface area contributed by atoms with Crippen molar-refractivity contribution in [2.24, 2.45) is 7.05 Å². The van der Waals surface area contributed by atoms with Crippen LogP contribution in [0.25, 0.3) is 11.0 Å². The van der Waals surface area contributed by atoms with Gasteiger partial charge in [0.1, 0.15) is 5.01 Å². The zero-order valence-electron chi connectivity index (χ0n) is 11.2. The normalized spacial score (nSPS) is 12.8. The maximum Gasteiger partial charge on any atom is 0.204 e. The van der Waals surface area contributed by atoms with E-state index < -0.39 is 0 Å². The molecule has 3 aromatic rings. The van der Waals surface area contributed by atoms with E-state index in [1.54, 1.807) is 11.3 Å². The summed E-state index contributed by atoms with van der Waals surface area (Å²) < 4.78 is 2.08. The zero-order chi connectivity index (χ0) is 13.4. The van der Waals surface area contributed by atoms with Crippen LogP contribution in [-0.4, -0.2) is 14.5 Å². The number of hydrogen-bond acceptors (Lipinski definition) is 4. The number of hydrogen-bond donors (Lipinski definition) is 1. The van der Waals surface area contributed by atoms with Crippen LogP contribution in [0.2, 0.25) is 0 Å². The van der Waals surface area contributed by atoms with Gasteiger partial charge in [-0.05, 0) is 26.0 Å². The number of thiazole rings is 1. The van der Waals surface area contributed by atoms with E-state index in [1.807, 2.05) is 31.4 Å². The lowest BCUT2D eigenvalue weighted by Crippen LogP contribution is -2.10. The minimum Gasteiger partial charge on any atom is -0.347 e. The van der Waals surface area contributed by atoms with Gasteiger partial charge >= 0.3 is 0 Å². The Kier molecular flexibility index (Phi) is 2.98. The molecule has 1 unspecified atom stereocenters. The highest BCUT2D eigenvalue weighted by Gasteiger charge is 2.13. The molecular formula is C14H16N4S. The summed E-state index contributed by atoms with van der Waals surface area (Å²) in [5, 5.41) is 4.52. The van der Waals surface area contributed by atoms with Gasteiger partial charge in [-0.15, -0.1) is 11.3 Å². The van der Waals surface area contributed by atoms with Gasteiger partial charge in [0, 0.05) is 18.1 Å². The monoisotopic (exact) mass is 272 g/mol. The first kappa shape index (κ1) is 12.2. The highest BCUT2D eigenvalue weighted by molar-refractivity contribution is 7.11. The Balaban J connectivity index is 1.91. The van der Waals surface area contributed by atoms with Gasteiger partial charge in [0.15, 0.2) is 0 Å². The van der Waals surface area contributed by atoms with Crippen molar-refractivity contribution in [3.8, 4) is 0 Å². The van der Waals surface area contributed by atoms with E-state index in [0.29, 0.717) is 0 Å². The molecule has 0 fully saturated rings. The molecule has 3 rings (SSSR count). The summed E-state index contributed by atoms with van der Waals surface area (Å²) in [6.45, 7) is 4.18. The summed E-state index contributed by atoms with van der Waals surface area (Å²) in [7, 11) is 2.03. The lowest BCUT2D eigenvalue weighted by atomic mass is 10.3.